The molecule has 0 aliphatic carbocycles. The van der Waals surface area contributed by atoms with Gasteiger partial charge in [0, 0.05) is 8.95 Å². The summed E-state index contributed by atoms with van der Waals surface area (Å²) in [5, 5.41) is 8.82. The summed E-state index contributed by atoms with van der Waals surface area (Å²) in [4.78, 5) is 22.1. The molecule has 134 valence electrons. The van der Waals surface area contributed by atoms with Crippen LogP contribution in [0.5, 0.6) is 0 Å². The van der Waals surface area contributed by atoms with Crippen LogP contribution in [-0.4, -0.2) is 24.2 Å². The molecule has 0 saturated heterocycles. The highest BCUT2D eigenvalue weighted by Gasteiger charge is 2.12. The zero-order valence-corrected chi connectivity index (χ0v) is 17.9. The molecule has 0 aliphatic rings. The molecule has 0 heterocycles. The number of benzene rings is 2. The summed E-state index contributed by atoms with van der Waals surface area (Å²) < 4.78 is 6.58. The lowest BCUT2D eigenvalue weighted by atomic mass is 10.0. The first-order valence-electron chi connectivity index (χ1n) is 7.43. The Kier molecular flexibility index (Phi) is 7.83. The maximum atomic E-state index is 11.3. The van der Waals surface area contributed by atoms with Gasteiger partial charge in [-0.05, 0) is 74.2 Å². The zero-order valence-electron chi connectivity index (χ0n) is 14.7. The number of carboxylic acid groups (broad SMARTS) is 1. The van der Waals surface area contributed by atoms with Gasteiger partial charge in [-0.2, -0.15) is 0 Å². The van der Waals surface area contributed by atoms with Crippen LogP contribution in [0.3, 0.4) is 0 Å². The van der Waals surface area contributed by atoms with Crippen LogP contribution < -0.4 is 0 Å². The maximum Gasteiger partial charge on any atom is 0.338 e. The fraction of sp³-hybridized carbons (Fsp3) is 0.263. The minimum Gasteiger partial charge on any atom is -0.478 e. The second-order valence-corrected chi connectivity index (χ2v) is 7.46. The van der Waals surface area contributed by atoms with Crippen LogP contribution in [-0.2, 0) is 4.74 Å². The molecule has 2 aromatic carbocycles. The van der Waals surface area contributed by atoms with E-state index in [9.17, 15) is 9.59 Å². The number of hydrogen-bond donors (Lipinski definition) is 1. The first-order valence-corrected chi connectivity index (χ1v) is 9.02. The molecule has 0 radical (unpaired) electrons. The van der Waals surface area contributed by atoms with Crippen molar-refractivity contribution in [3.63, 3.8) is 0 Å². The van der Waals surface area contributed by atoms with Gasteiger partial charge in [-0.25, -0.2) is 9.59 Å². The van der Waals surface area contributed by atoms with E-state index in [0.29, 0.717) is 11.1 Å². The topological polar surface area (TPSA) is 63.6 Å². The molecule has 0 aromatic heterocycles. The molecule has 2 aromatic rings. The van der Waals surface area contributed by atoms with Gasteiger partial charge in [-0.15, -0.1) is 0 Å². The summed E-state index contributed by atoms with van der Waals surface area (Å²) in [5.74, 6) is -1.14. The molecule has 25 heavy (non-hydrogen) atoms. The van der Waals surface area contributed by atoms with Crippen molar-refractivity contribution in [3.8, 4) is 0 Å². The van der Waals surface area contributed by atoms with Gasteiger partial charge in [0.25, 0.3) is 0 Å². The van der Waals surface area contributed by atoms with Crippen molar-refractivity contribution in [2.75, 3.05) is 7.11 Å². The lowest BCUT2D eigenvalue weighted by molar-refractivity contribution is 0.0598. The number of aromatic carboxylic acids is 1. The van der Waals surface area contributed by atoms with Crippen LogP contribution in [0.15, 0.2) is 33.2 Å². The first-order chi connectivity index (χ1) is 11.6. The number of carboxylic acids is 1. The molecule has 0 bridgehead atoms. The van der Waals surface area contributed by atoms with Crippen molar-refractivity contribution in [1.29, 1.82) is 0 Å². The smallest absolute Gasteiger partial charge is 0.338 e. The largest absolute Gasteiger partial charge is 0.478 e. The van der Waals surface area contributed by atoms with E-state index in [-0.39, 0.29) is 5.97 Å². The number of rotatable bonds is 2. The van der Waals surface area contributed by atoms with Crippen molar-refractivity contribution in [1.82, 2.24) is 0 Å². The van der Waals surface area contributed by atoms with E-state index < -0.39 is 5.97 Å². The summed E-state index contributed by atoms with van der Waals surface area (Å²) in [6.45, 7) is 7.37. The van der Waals surface area contributed by atoms with Crippen LogP contribution in [0.2, 0.25) is 0 Å². The minimum atomic E-state index is -0.863. The molecular formula is C19H20Br2O4. The standard InChI is InChI=1S/C10H11BrO2.C9H9BrO2/c1-6-4-8(11)5-7(2)9(6)10(12)13-3;1-5-3-7(10)4-6(2)8(5)9(11)12/h4-5H,1-3H3;3-4H,1-2H3,(H,11,12). The first kappa shape index (κ1) is 21.4. The Morgan fingerprint density at radius 3 is 1.40 bits per heavy atom. The van der Waals surface area contributed by atoms with Crippen molar-refractivity contribution in [2.45, 2.75) is 27.7 Å². The molecule has 0 amide bonds. The number of esters is 1. The van der Waals surface area contributed by atoms with Crippen molar-refractivity contribution < 1.29 is 19.4 Å². The third kappa shape index (κ3) is 5.68. The van der Waals surface area contributed by atoms with Crippen molar-refractivity contribution in [3.05, 3.63) is 66.6 Å². The van der Waals surface area contributed by atoms with Gasteiger partial charge < -0.3 is 9.84 Å². The van der Waals surface area contributed by atoms with Gasteiger partial charge in [-0.3, -0.25) is 0 Å². The van der Waals surface area contributed by atoms with Gasteiger partial charge in [-0.1, -0.05) is 31.9 Å². The highest BCUT2D eigenvalue weighted by Crippen LogP contribution is 2.21. The molecule has 0 spiro atoms. The Morgan fingerprint density at radius 1 is 0.800 bits per heavy atom. The van der Waals surface area contributed by atoms with E-state index >= 15 is 0 Å². The normalized spacial score (nSPS) is 9.88. The van der Waals surface area contributed by atoms with E-state index in [0.717, 1.165) is 31.2 Å². The van der Waals surface area contributed by atoms with E-state index in [4.69, 9.17) is 5.11 Å². The van der Waals surface area contributed by atoms with Crippen LogP contribution >= 0.6 is 31.9 Å². The Hall–Kier alpha value is -1.66. The van der Waals surface area contributed by atoms with Gasteiger partial charge in [0.15, 0.2) is 0 Å². The number of carbonyl (C=O) groups excluding carboxylic acids is 1. The van der Waals surface area contributed by atoms with Gasteiger partial charge in [0.2, 0.25) is 0 Å². The Morgan fingerprint density at radius 2 is 1.12 bits per heavy atom. The molecule has 6 heteroatoms. The second kappa shape index (κ2) is 9.15. The second-order valence-electron chi connectivity index (χ2n) is 5.63. The highest BCUT2D eigenvalue weighted by molar-refractivity contribution is 9.10. The summed E-state index contributed by atoms with van der Waals surface area (Å²) in [6.07, 6.45) is 0. The summed E-state index contributed by atoms with van der Waals surface area (Å²) >= 11 is 6.67. The minimum absolute atomic E-state index is 0.275. The fourth-order valence-electron chi connectivity index (χ4n) is 2.58. The van der Waals surface area contributed by atoms with E-state index in [1.165, 1.54) is 7.11 Å². The molecule has 0 unspecified atom stereocenters. The van der Waals surface area contributed by atoms with Crippen molar-refractivity contribution >= 4 is 43.8 Å². The quantitative estimate of drug-likeness (QED) is 0.577. The van der Waals surface area contributed by atoms with Gasteiger partial charge >= 0.3 is 11.9 Å². The van der Waals surface area contributed by atoms with Crippen LogP contribution in [0.1, 0.15) is 43.0 Å². The summed E-state index contributed by atoms with van der Waals surface area (Å²) in [6, 6.07) is 7.41. The van der Waals surface area contributed by atoms with E-state index in [1.54, 1.807) is 26.0 Å². The lowest BCUT2D eigenvalue weighted by Gasteiger charge is -2.07. The average Bonchev–Trinajstić information content (AvgIpc) is 2.44. The zero-order chi connectivity index (χ0) is 19.3. The number of hydrogen-bond acceptors (Lipinski definition) is 3. The number of methoxy groups -OCH3 is 1. The summed E-state index contributed by atoms with van der Waals surface area (Å²) in [7, 11) is 1.39. The van der Waals surface area contributed by atoms with Crippen molar-refractivity contribution in [2.24, 2.45) is 0 Å². The van der Waals surface area contributed by atoms with Gasteiger partial charge in [0.1, 0.15) is 0 Å². The molecule has 0 saturated carbocycles. The molecular weight excluding hydrogens is 452 g/mol. The highest BCUT2D eigenvalue weighted by atomic mass is 79.9. The number of ether oxygens (including phenoxy) is 1. The Bertz CT molecular complexity index is 767. The number of carbonyl (C=O) groups is 2. The van der Waals surface area contributed by atoms with E-state index in [1.807, 2.05) is 26.0 Å². The van der Waals surface area contributed by atoms with Crippen LogP contribution in [0, 0.1) is 27.7 Å². The third-order valence-corrected chi connectivity index (χ3v) is 4.51. The molecule has 4 nitrogen and oxygen atoms in total. The predicted octanol–water partition coefficient (Wildman–Crippen LogP) is 5.62. The molecule has 0 aliphatic heterocycles. The SMILES string of the molecule is COC(=O)c1c(C)cc(Br)cc1C.Cc1cc(Br)cc(C)c1C(=O)O. The molecule has 2 rings (SSSR count). The Balaban J connectivity index is 0.000000251. The number of aryl methyl sites for hydroxylation is 4. The molecule has 0 atom stereocenters. The fourth-order valence-corrected chi connectivity index (χ4v) is 3.96. The van der Waals surface area contributed by atoms with E-state index in [2.05, 4.69) is 36.6 Å². The average molecular weight is 472 g/mol. The lowest BCUT2D eigenvalue weighted by Crippen LogP contribution is -2.06. The predicted molar refractivity (Wildman–Crippen MR) is 106 cm³/mol. The molecule has 0 fully saturated rings. The monoisotopic (exact) mass is 470 g/mol. The molecule has 1 N–H and O–H groups in total. The third-order valence-electron chi connectivity index (χ3n) is 3.60. The number of halogens is 2. The van der Waals surface area contributed by atoms with Gasteiger partial charge in [0.05, 0.1) is 18.2 Å². The summed E-state index contributed by atoms with van der Waals surface area (Å²) in [5.41, 5.74) is 4.49. The maximum absolute atomic E-state index is 11.3. The Labute approximate surface area is 164 Å². The van der Waals surface area contributed by atoms with Crippen LogP contribution in [0.4, 0.5) is 0 Å². The van der Waals surface area contributed by atoms with Crippen LogP contribution in [0.25, 0.3) is 0 Å².